The first kappa shape index (κ1) is 15.5. The Kier molecular flexibility index (Phi) is 4.24. The molecule has 0 spiro atoms. The summed E-state index contributed by atoms with van der Waals surface area (Å²) in [4.78, 5) is 13.8. The van der Waals surface area contributed by atoms with E-state index in [0.29, 0.717) is 11.7 Å². The standard InChI is InChI=1S/C19H19N5O/c25-17(20-18(15-11-12-15)14-7-3-1-4-8-14)13-24-22-19(21-23-24)16-9-5-2-6-10-16/h1-10,15,18H,11-13H2,(H,20,25). The van der Waals surface area contributed by atoms with Gasteiger partial charge in [-0.05, 0) is 29.5 Å². The van der Waals surface area contributed by atoms with Gasteiger partial charge in [-0.2, -0.15) is 4.80 Å². The molecule has 1 aromatic heterocycles. The van der Waals surface area contributed by atoms with Crippen LogP contribution in [-0.2, 0) is 11.3 Å². The summed E-state index contributed by atoms with van der Waals surface area (Å²) < 4.78 is 0. The predicted molar refractivity (Wildman–Crippen MR) is 93.3 cm³/mol. The third kappa shape index (κ3) is 3.74. The van der Waals surface area contributed by atoms with E-state index in [1.165, 1.54) is 4.80 Å². The SMILES string of the molecule is O=C(Cn1nnc(-c2ccccc2)n1)NC(c1ccccc1)C1CC1. The fourth-order valence-corrected chi connectivity index (χ4v) is 2.92. The molecule has 0 radical (unpaired) electrons. The Morgan fingerprint density at radius 3 is 2.44 bits per heavy atom. The van der Waals surface area contributed by atoms with Gasteiger partial charge in [0.2, 0.25) is 11.7 Å². The Bertz CT molecular complexity index is 843. The largest absolute Gasteiger partial charge is 0.347 e. The molecule has 3 aromatic rings. The lowest BCUT2D eigenvalue weighted by molar-refractivity contribution is -0.123. The summed E-state index contributed by atoms with van der Waals surface area (Å²) in [6, 6.07) is 19.8. The molecule has 1 fully saturated rings. The number of amides is 1. The van der Waals surface area contributed by atoms with Gasteiger partial charge in [0.05, 0.1) is 6.04 Å². The number of tetrazole rings is 1. The van der Waals surface area contributed by atoms with Gasteiger partial charge < -0.3 is 5.32 Å². The summed E-state index contributed by atoms with van der Waals surface area (Å²) in [6.45, 7) is 0.0654. The third-order valence-electron chi connectivity index (χ3n) is 4.34. The number of aromatic nitrogens is 4. The van der Waals surface area contributed by atoms with Crippen LogP contribution in [0.4, 0.5) is 0 Å². The Morgan fingerprint density at radius 1 is 1.08 bits per heavy atom. The monoisotopic (exact) mass is 333 g/mol. The van der Waals surface area contributed by atoms with Crippen molar-refractivity contribution in [2.24, 2.45) is 5.92 Å². The van der Waals surface area contributed by atoms with Gasteiger partial charge in [-0.15, -0.1) is 10.2 Å². The molecule has 6 nitrogen and oxygen atoms in total. The summed E-state index contributed by atoms with van der Waals surface area (Å²) in [5, 5.41) is 15.4. The zero-order valence-corrected chi connectivity index (χ0v) is 13.7. The molecule has 4 rings (SSSR count). The van der Waals surface area contributed by atoms with Crippen molar-refractivity contribution >= 4 is 5.91 Å². The molecule has 2 aromatic carbocycles. The second-order valence-corrected chi connectivity index (χ2v) is 6.30. The van der Waals surface area contributed by atoms with Gasteiger partial charge in [-0.25, -0.2) is 0 Å². The highest BCUT2D eigenvalue weighted by atomic mass is 16.2. The van der Waals surface area contributed by atoms with Crippen LogP contribution in [0.5, 0.6) is 0 Å². The third-order valence-corrected chi connectivity index (χ3v) is 4.34. The Hall–Kier alpha value is -3.02. The van der Waals surface area contributed by atoms with Crippen LogP contribution in [0.1, 0.15) is 24.4 Å². The molecular weight excluding hydrogens is 314 g/mol. The van der Waals surface area contributed by atoms with Crippen molar-refractivity contribution in [2.45, 2.75) is 25.4 Å². The number of carbonyl (C=O) groups excluding carboxylic acids is 1. The summed E-state index contributed by atoms with van der Waals surface area (Å²) in [5.74, 6) is 0.947. The fourth-order valence-electron chi connectivity index (χ4n) is 2.92. The van der Waals surface area contributed by atoms with Crippen LogP contribution in [-0.4, -0.2) is 26.1 Å². The summed E-state index contributed by atoms with van der Waals surface area (Å²) in [7, 11) is 0. The molecular formula is C19H19N5O. The highest BCUT2D eigenvalue weighted by Crippen LogP contribution is 2.40. The molecule has 126 valence electrons. The zero-order valence-electron chi connectivity index (χ0n) is 13.7. The molecule has 1 aliphatic carbocycles. The number of carbonyl (C=O) groups is 1. The van der Waals surface area contributed by atoms with E-state index in [-0.39, 0.29) is 18.5 Å². The van der Waals surface area contributed by atoms with Crippen molar-refractivity contribution in [3.63, 3.8) is 0 Å². The van der Waals surface area contributed by atoms with E-state index in [2.05, 4.69) is 32.9 Å². The van der Waals surface area contributed by atoms with Gasteiger partial charge in [0.25, 0.3) is 0 Å². The summed E-state index contributed by atoms with van der Waals surface area (Å²) in [6.07, 6.45) is 2.30. The number of hydrogen-bond acceptors (Lipinski definition) is 4. The first-order chi connectivity index (χ1) is 12.3. The second-order valence-electron chi connectivity index (χ2n) is 6.30. The quantitative estimate of drug-likeness (QED) is 0.752. The Morgan fingerprint density at radius 2 is 1.76 bits per heavy atom. The maximum absolute atomic E-state index is 12.4. The van der Waals surface area contributed by atoms with Gasteiger partial charge in [0.1, 0.15) is 6.54 Å². The van der Waals surface area contributed by atoms with E-state index in [9.17, 15) is 4.79 Å². The van der Waals surface area contributed by atoms with Gasteiger partial charge in [-0.1, -0.05) is 60.7 Å². The average molecular weight is 333 g/mol. The molecule has 6 heteroatoms. The number of hydrogen-bond donors (Lipinski definition) is 1. The van der Waals surface area contributed by atoms with Crippen molar-refractivity contribution in [2.75, 3.05) is 0 Å². The normalized spacial score (nSPS) is 14.9. The minimum atomic E-state index is -0.0993. The van der Waals surface area contributed by atoms with Crippen molar-refractivity contribution in [3.05, 3.63) is 66.2 Å². The molecule has 0 bridgehead atoms. The van der Waals surface area contributed by atoms with E-state index in [1.54, 1.807) is 0 Å². The predicted octanol–water partition coefficient (Wildman–Crippen LogP) is 2.61. The Balaban J connectivity index is 1.43. The maximum Gasteiger partial charge on any atom is 0.244 e. The van der Waals surface area contributed by atoms with E-state index in [4.69, 9.17) is 0 Å². The van der Waals surface area contributed by atoms with E-state index in [0.717, 1.165) is 24.0 Å². The number of rotatable bonds is 6. The van der Waals surface area contributed by atoms with Crippen LogP contribution in [0, 0.1) is 5.92 Å². The van der Waals surface area contributed by atoms with Crippen molar-refractivity contribution in [1.82, 2.24) is 25.5 Å². The average Bonchev–Trinajstić information content (AvgIpc) is 3.40. The van der Waals surface area contributed by atoms with Crippen molar-refractivity contribution in [1.29, 1.82) is 0 Å². The molecule has 1 atom stereocenters. The minimum absolute atomic E-state index is 0.0609. The van der Waals surface area contributed by atoms with Crippen LogP contribution in [0.3, 0.4) is 0 Å². The van der Waals surface area contributed by atoms with Gasteiger partial charge in [0.15, 0.2) is 0 Å². The van der Waals surface area contributed by atoms with E-state index < -0.39 is 0 Å². The molecule has 1 N–H and O–H groups in total. The number of benzene rings is 2. The summed E-state index contributed by atoms with van der Waals surface area (Å²) >= 11 is 0. The molecule has 0 saturated heterocycles. The lowest BCUT2D eigenvalue weighted by Gasteiger charge is -2.18. The minimum Gasteiger partial charge on any atom is -0.347 e. The van der Waals surface area contributed by atoms with Gasteiger partial charge >= 0.3 is 0 Å². The fraction of sp³-hybridized carbons (Fsp3) is 0.263. The molecule has 25 heavy (non-hydrogen) atoms. The molecule has 1 unspecified atom stereocenters. The van der Waals surface area contributed by atoms with Crippen LogP contribution in [0.15, 0.2) is 60.7 Å². The first-order valence-electron chi connectivity index (χ1n) is 8.47. The van der Waals surface area contributed by atoms with Crippen molar-refractivity contribution < 1.29 is 4.79 Å². The maximum atomic E-state index is 12.4. The van der Waals surface area contributed by atoms with Crippen LogP contribution < -0.4 is 5.32 Å². The lowest BCUT2D eigenvalue weighted by atomic mass is 10.0. The molecule has 1 heterocycles. The van der Waals surface area contributed by atoms with Gasteiger partial charge in [0, 0.05) is 5.56 Å². The lowest BCUT2D eigenvalue weighted by Crippen LogP contribution is -2.33. The molecule has 0 aliphatic heterocycles. The first-order valence-corrected chi connectivity index (χ1v) is 8.47. The highest BCUT2D eigenvalue weighted by molar-refractivity contribution is 5.76. The second kappa shape index (κ2) is 6.84. The van der Waals surface area contributed by atoms with Crippen LogP contribution >= 0.6 is 0 Å². The van der Waals surface area contributed by atoms with Crippen LogP contribution in [0.25, 0.3) is 11.4 Å². The molecule has 1 amide bonds. The number of nitrogens with zero attached hydrogens (tertiary/aromatic N) is 4. The van der Waals surface area contributed by atoms with Crippen molar-refractivity contribution in [3.8, 4) is 11.4 Å². The van der Waals surface area contributed by atoms with E-state index >= 15 is 0 Å². The molecule has 1 aliphatic rings. The van der Waals surface area contributed by atoms with Crippen LogP contribution in [0.2, 0.25) is 0 Å². The Labute approximate surface area is 145 Å². The zero-order chi connectivity index (χ0) is 17.1. The van der Waals surface area contributed by atoms with E-state index in [1.807, 2.05) is 48.5 Å². The highest BCUT2D eigenvalue weighted by Gasteiger charge is 2.33. The number of nitrogens with one attached hydrogen (secondary N) is 1. The van der Waals surface area contributed by atoms with Gasteiger partial charge in [-0.3, -0.25) is 4.79 Å². The molecule has 1 saturated carbocycles. The summed E-state index contributed by atoms with van der Waals surface area (Å²) in [5.41, 5.74) is 2.03. The smallest absolute Gasteiger partial charge is 0.244 e. The topological polar surface area (TPSA) is 72.7 Å².